The molecule has 6 nitrogen and oxygen atoms in total. The molecule has 1 rings (SSSR count). The van der Waals surface area contributed by atoms with Crippen molar-refractivity contribution in [1.29, 1.82) is 0 Å². The Labute approximate surface area is 93.6 Å². The Morgan fingerprint density at radius 1 is 1.56 bits per heavy atom. The molecule has 0 saturated carbocycles. The predicted molar refractivity (Wildman–Crippen MR) is 56.9 cm³/mol. The highest BCUT2D eigenvalue weighted by Gasteiger charge is 2.11. The van der Waals surface area contributed by atoms with E-state index in [1.54, 1.807) is 13.1 Å². The largest absolute Gasteiger partial charge is 0.469 e. The Hall–Kier alpha value is -1.85. The summed E-state index contributed by atoms with van der Waals surface area (Å²) < 4.78 is 5.96. The zero-order valence-corrected chi connectivity index (χ0v) is 9.61. The first kappa shape index (κ1) is 12.2. The van der Waals surface area contributed by atoms with E-state index >= 15 is 0 Å². The van der Waals surface area contributed by atoms with Crippen molar-refractivity contribution in [3.63, 3.8) is 0 Å². The minimum Gasteiger partial charge on any atom is -0.469 e. The standard InChI is InChI=1S/C10H15N3O3/c1-7-6-8(13(2)12-7)10(15)11-5-4-9(14)16-3/h6H,4-5H2,1-3H3,(H,11,15). The van der Waals surface area contributed by atoms with E-state index in [-0.39, 0.29) is 24.8 Å². The highest BCUT2D eigenvalue weighted by atomic mass is 16.5. The quantitative estimate of drug-likeness (QED) is 0.733. The van der Waals surface area contributed by atoms with Gasteiger partial charge >= 0.3 is 5.97 Å². The summed E-state index contributed by atoms with van der Waals surface area (Å²) in [6.07, 6.45) is 0.166. The van der Waals surface area contributed by atoms with E-state index in [1.807, 2.05) is 6.92 Å². The van der Waals surface area contributed by atoms with Crippen molar-refractivity contribution in [2.45, 2.75) is 13.3 Å². The van der Waals surface area contributed by atoms with Crippen LogP contribution in [0.5, 0.6) is 0 Å². The van der Waals surface area contributed by atoms with Crippen molar-refractivity contribution in [2.24, 2.45) is 7.05 Å². The predicted octanol–water partition coefficient (Wildman–Crippen LogP) is 0.0214. The van der Waals surface area contributed by atoms with Crippen molar-refractivity contribution in [1.82, 2.24) is 15.1 Å². The molecule has 0 radical (unpaired) electrons. The summed E-state index contributed by atoms with van der Waals surface area (Å²) in [6.45, 7) is 2.07. The first-order valence-electron chi connectivity index (χ1n) is 4.90. The molecule has 1 aromatic rings. The summed E-state index contributed by atoms with van der Waals surface area (Å²) in [5, 5.41) is 6.67. The number of carbonyl (C=O) groups excluding carboxylic acids is 2. The molecule has 0 aliphatic heterocycles. The van der Waals surface area contributed by atoms with Crippen molar-refractivity contribution >= 4 is 11.9 Å². The van der Waals surface area contributed by atoms with Crippen LogP contribution in [0.3, 0.4) is 0 Å². The van der Waals surface area contributed by atoms with Crippen LogP contribution < -0.4 is 5.32 Å². The van der Waals surface area contributed by atoms with E-state index < -0.39 is 0 Å². The van der Waals surface area contributed by atoms with Gasteiger partial charge in [-0.3, -0.25) is 14.3 Å². The van der Waals surface area contributed by atoms with E-state index in [9.17, 15) is 9.59 Å². The number of methoxy groups -OCH3 is 1. The average molecular weight is 225 g/mol. The van der Waals surface area contributed by atoms with E-state index in [4.69, 9.17) is 0 Å². The number of aromatic nitrogens is 2. The number of aryl methyl sites for hydroxylation is 2. The van der Waals surface area contributed by atoms with Gasteiger partial charge in [0.25, 0.3) is 5.91 Å². The number of hydrogen-bond donors (Lipinski definition) is 1. The first-order valence-corrected chi connectivity index (χ1v) is 4.90. The molecule has 6 heteroatoms. The van der Waals surface area contributed by atoms with Gasteiger partial charge in [0.05, 0.1) is 19.2 Å². The molecule has 0 aliphatic carbocycles. The van der Waals surface area contributed by atoms with E-state index in [2.05, 4.69) is 15.2 Å². The highest BCUT2D eigenvalue weighted by molar-refractivity contribution is 5.92. The number of rotatable bonds is 4. The van der Waals surface area contributed by atoms with Crippen LogP contribution in [0.15, 0.2) is 6.07 Å². The van der Waals surface area contributed by atoms with Crippen LogP contribution in [-0.4, -0.2) is 35.3 Å². The number of ether oxygens (including phenoxy) is 1. The third kappa shape index (κ3) is 3.08. The maximum atomic E-state index is 11.6. The van der Waals surface area contributed by atoms with E-state index in [1.165, 1.54) is 11.8 Å². The molecular weight excluding hydrogens is 210 g/mol. The molecule has 1 amide bonds. The van der Waals surface area contributed by atoms with Crippen LogP contribution in [0.4, 0.5) is 0 Å². The van der Waals surface area contributed by atoms with Gasteiger partial charge in [-0.05, 0) is 13.0 Å². The molecule has 1 aromatic heterocycles. The first-order chi connectivity index (χ1) is 7.54. The SMILES string of the molecule is COC(=O)CCNC(=O)c1cc(C)nn1C. The Morgan fingerprint density at radius 3 is 2.75 bits per heavy atom. The monoisotopic (exact) mass is 225 g/mol. The van der Waals surface area contributed by atoms with Crippen molar-refractivity contribution in [3.8, 4) is 0 Å². The van der Waals surface area contributed by atoms with Gasteiger partial charge in [-0.15, -0.1) is 0 Å². The smallest absolute Gasteiger partial charge is 0.307 e. The lowest BCUT2D eigenvalue weighted by Gasteiger charge is -2.04. The van der Waals surface area contributed by atoms with Gasteiger partial charge < -0.3 is 10.1 Å². The average Bonchev–Trinajstić information content (AvgIpc) is 2.57. The normalized spacial score (nSPS) is 9.94. The van der Waals surface area contributed by atoms with Crippen molar-refractivity contribution < 1.29 is 14.3 Å². The lowest BCUT2D eigenvalue weighted by atomic mass is 10.3. The number of hydrogen-bond acceptors (Lipinski definition) is 4. The van der Waals surface area contributed by atoms with Crippen molar-refractivity contribution in [3.05, 3.63) is 17.5 Å². The summed E-state index contributed by atoms with van der Waals surface area (Å²) >= 11 is 0. The third-order valence-corrected chi connectivity index (χ3v) is 2.08. The van der Waals surface area contributed by atoms with Gasteiger partial charge in [-0.25, -0.2) is 0 Å². The fourth-order valence-corrected chi connectivity index (χ4v) is 1.29. The Kier molecular flexibility index (Phi) is 4.04. The third-order valence-electron chi connectivity index (χ3n) is 2.08. The zero-order chi connectivity index (χ0) is 12.1. The molecule has 0 bridgehead atoms. The highest BCUT2D eigenvalue weighted by Crippen LogP contribution is 2.01. The van der Waals surface area contributed by atoms with Crippen LogP contribution in [0, 0.1) is 6.92 Å². The lowest BCUT2D eigenvalue weighted by Crippen LogP contribution is -2.28. The minimum atomic E-state index is -0.346. The van der Waals surface area contributed by atoms with Crippen LogP contribution >= 0.6 is 0 Å². The second-order valence-corrected chi connectivity index (χ2v) is 3.38. The number of nitrogens with one attached hydrogen (secondary N) is 1. The molecule has 0 fully saturated rings. The summed E-state index contributed by atoms with van der Waals surface area (Å²) in [5.41, 5.74) is 1.25. The maximum Gasteiger partial charge on any atom is 0.307 e. The van der Waals surface area contributed by atoms with Gasteiger partial charge in [0.15, 0.2) is 0 Å². The van der Waals surface area contributed by atoms with Crippen LogP contribution in [-0.2, 0) is 16.6 Å². The molecule has 1 heterocycles. The summed E-state index contributed by atoms with van der Waals surface area (Å²) in [4.78, 5) is 22.4. The second-order valence-electron chi connectivity index (χ2n) is 3.38. The van der Waals surface area contributed by atoms with Gasteiger partial charge in [0.2, 0.25) is 0 Å². The molecule has 0 atom stereocenters. The minimum absolute atomic E-state index is 0.166. The fraction of sp³-hybridized carbons (Fsp3) is 0.500. The van der Waals surface area contributed by atoms with E-state index in [0.717, 1.165) is 5.69 Å². The van der Waals surface area contributed by atoms with Crippen LogP contribution in [0.2, 0.25) is 0 Å². The van der Waals surface area contributed by atoms with Gasteiger partial charge in [0.1, 0.15) is 5.69 Å². The van der Waals surface area contributed by atoms with Crippen LogP contribution in [0.25, 0.3) is 0 Å². The second kappa shape index (κ2) is 5.29. The lowest BCUT2D eigenvalue weighted by molar-refractivity contribution is -0.140. The molecule has 1 N–H and O–H groups in total. The fourth-order valence-electron chi connectivity index (χ4n) is 1.29. The molecule has 16 heavy (non-hydrogen) atoms. The summed E-state index contributed by atoms with van der Waals surface area (Å²) in [7, 11) is 3.01. The molecule has 88 valence electrons. The number of nitrogens with zero attached hydrogens (tertiary/aromatic N) is 2. The number of esters is 1. The summed E-state index contributed by atoms with van der Waals surface area (Å²) in [6, 6.07) is 1.69. The zero-order valence-electron chi connectivity index (χ0n) is 9.61. The molecule has 0 aromatic carbocycles. The molecule has 0 saturated heterocycles. The molecule has 0 spiro atoms. The Bertz CT molecular complexity index is 398. The molecular formula is C10H15N3O3. The van der Waals surface area contributed by atoms with Gasteiger partial charge in [-0.1, -0.05) is 0 Å². The summed E-state index contributed by atoms with van der Waals surface area (Å²) in [5.74, 6) is -0.589. The number of carbonyl (C=O) groups is 2. The van der Waals surface area contributed by atoms with Gasteiger partial charge in [-0.2, -0.15) is 5.10 Å². The van der Waals surface area contributed by atoms with E-state index in [0.29, 0.717) is 5.69 Å². The van der Waals surface area contributed by atoms with Crippen LogP contribution in [0.1, 0.15) is 22.6 Å². The molecule has 0 unspecified atom stereocenters. The van der Waals surface area contributed by atoms with Gasteiger partial charge in [0, 0.05) is 13.6 Å². The number of amides is 1. The Morgan fingerprint density at radius 2 is 2.25 bits per heavy atom. The van der Waals surface area contributed by atoms with Crippen molar-refractivity contribution in [2.75, 3.05) is 13.7 Å². The topological polar surface area (TPSA) is 73.2 Å². The maximum absolute atomic E-state index is 11.6. The molecule has 0 aliphatic rings. The Balaban J connectivity index is 2.47.